The van der Waals surface area contributed by atoms with Gasteiger partial charge in [0.05, 0.1) is 19.0 Å². The van der Waals surface area contributed by atoms with Crippen LogP contribution in [0.1, 0.15) is 47.4 Å². The zero-order chi connectivity index (χ0) is 36.2. The van der Waals surface area contributed by atoms with Crippen LogP contribution >= 0.6 is 0 Å². The van der Waals surface area contributed by atoms with Gasteiger partial charge >= 0.3 is 6.01 Å². The van der Waals surface area contributed by atoms with Gasteiger partial charge in [0.2, 0.25) is 6.10 Å². The van der Waals surface area contributed by atoms with Crippen molar-refractivity contribution in [2.75, 3.05) is 32.1 Å². The molecule has 1 unspecified atom stereocenters. The molecular weight excluding hydrogens is 670 g/mol. The minimum absolute atomic E-state index is 0.0794. The Labute approximate surface area is 298 Å². The van der Waals surface area contributed by atoms with Gasteiger partial charge in [-0.15, -0.1) is 5.10 Å². The number of piperidine rings is 1. The highest BCUT2D eigenvalue weighted by Crippen LogP contribution is 2.33. The lowest BCUT2D eigenvalue weighted by molar-refractivity contribution is -0.140. The average molecular weight is 707 g/mol. The third-order valence-electron chi connectivity index (χ3n) is 9.15. The lowest BCUT2D eigenvalue weighted by Crippen LogP contribution is -2.42. The van der Waals surface area contributed by atoms with E-state index >= 15 is 0 Å². The number of carbonyl (C=O) groups is 1. The Kier molecular flexibility index (Phi) is 9.87. The Balaban J connectivity index is 0.988. The molecule has 266 valence electrons. The first-order chi connectivity index (χ1) is 25.2. The number of likely N-dealkylation sites (tertiary alicyclic amines) is 1. The van der Waals surface area contributed by atoms with Crippen LogP contribution in [0, 0.1) is 18.6 Å². The number of aromatic nitrogens is 6. The molecule has 1 atom stereocenters. The summed E-state index contributed by atoms with van der Waals surface area (Å²) in [6.07, 6.45) is 3.75. The summed E-state index contributed by atoms with van der Waals surface area (Å²) >= 11 is 0. The number of ether oxygens (including phenoxy) is 2. The molecule has 12 nitrogen and oxygen atoms in total. The number of hydrogen-bond acceptors (Lipinski definition) is 10. The molecule has 0 N–H and O–H groups in total. The highest BCUT2D eigenvalue weighted by molar-refractivity contribution is 5.83. The largest absolute Gasteiger partial charge is 0.473 e. The minimum atomic E-state index is -1.08. The van der Waals surface area contributed by atoms with Crippen molar-refractivity contribution in [2.24, 2.45) is 0 Å². The highest BCUT2D eigenvalue weighted by atomic mass is 19.1. The van der Waals surface area contributed by atoms with Crippen molar-refractivity contribution in [2.45, 2.75) is 38.3 Å². The number of methoxy groups -OCH3 is 1. The van der Waals surface area contributed by atoms with E-state index in [2.05, 4.69) is 25.4 Å². The van der Waals surface area contributed by atoms with E-state index < -0.39 is 17.7 Å². The van der Waals surface area contributed by atoms with Gasteiger partial charge in [-0.05, 0) is 55.7 Å². The van der Waals surface area contributed by atoms with E-state index in [0.717, 1.165) is 34.6 Å². The minimum Gasteiger partial charge on any atom is -0.473 e. The average Bonchev–Trinajstić information content (AvgIpc) is 3.85. The molecule has 1 aliphatic rings. The predicted molar refractivity (Wildman–Crippen MR) is 187 cm³/mol. The molecule has 0 saturated carbocycles. The zero-order valence-electron chi connectivity index (χ0n) is 28.8. The van der Waals surface area contributed by atoms with Crippen LogP contribution in [-0.4, -0.2) is 68.2 Å². The molecule has 1 saturated heterocycles. The number of rotatable bonds is 11. The van der Waals surface area contributed by atoms with E-state index in [9.17, 15) is 13.6 Å². The second-order valence-corrected chi connectivity index (χ2v) is 12.6. The Morgan fingerprint density at radius 3 is 2.62 bits per heavy atom. The fourth-order valence-corrected chi connectivity index (χ4v) is 6.25. The second-order valence-electron chi connectivity index (χ2n) is 12.6. The van der Waals surface area contributed by atoms with Gasteiger partial charge in [-0.3, -0.25) is 4.79 Å². The molecule has 1 fully saturated rings. The summed E-state index contributed by atoms with van der Waals surface area (Å²) in [7, 11) is 3.45. The van der Waals surface area contributed by atoms with Crippen molar-refractivity contribution in [1.82, 2.24) is 35.0 Å². The number of amides is 1. The Bertz CT molecular complexity index is 2170. The van der Waals surface area contributed by atoms with Crippen molar-refractivity contribution in [3.8, 4) is 23.0 Å². The van der Waals surface area contributed by atoms with Gasteiger partial charge in [-0.25, -0.2) is 18.4 Å². The molecular formula is C38H36F2N8O4. The van der Waals surface area contributed by atoms with Crippen molar-refractivity contribution in [1.29, 1.82) is 0 Å². The van der Waals surface area contributed by atoms with Gasteiger partial charge in [0, 0.05) is 61.2 Å². The number of aryl methyl sites for hydroxylation is 1. The summed E-state index contributed by atoms with van der Waals surface area (Å²) in [5.41, 5.74) is 4.98. The normalized spacial score (nSPS) is 13.9. The molecule has 3 aromatic carbocycles. The Hall–Kier alpha value is -6.18. The zero-order valence-corrected chi connectivity index (χ0v) is 28.8. The van der Waals surface area contributed by atoms with Gasteiger partial charge in [0.15, 0.2) is 17.3 Å². The fraction of sp³-hybridized carbons (Fsp3) is 0.263. The van der Waals surface area contributed by atoms with Crippen LogP contribution in [0.25, 0.3) is 11.3 Å². The molecule has 0 bridgehead atoms. The van der Waals surface area contributed by atoms with Crippen LogP contribution in [0.4, 0.5) is 20.3 Å². The van der Waals surface area contributed by atoms with E-state index in [4.69, 9.17) is 14.0 Å². The SMILES string of the molecule is COc1nccc(N(C)c2ccc(C)c(-c3cn(Cc4cc(C5CCN(C(=O)C(Oc6ccc(F)cc6F)c6ccccc6)CC5)no4)nn3)c2)n1. The molecule has 52 heavy (non-hydrogen) atoms. The van der Waals surface area contributed by atoms with E-state index in [1.807, 2.05) is 61.5 Å². The standard InChI is InChI=1S/C38H36F2N8O4/c1-24-9-11-28(46(2)35-13-16-41-38(42-35)50-3)20-30(24)33-23-48(45-43-33)22-29-21-32(44-52-29)25-14-17-47(18-15-25)37(49)36(26-7-5-4-6-8-26)51-34-12-10-27(39)19-31(34)40/h4-13,16,19-21,23,25,36H,14-15,17-18,22H2,1-3H3. The maximum absolute atomic E-state index is 14.5. The van der Waals surface area contributed by atoms with E-state index in [1.165, 1.54) is 13.2 Å². The third kappa shape index (κ3) is 7.45. The van der Waals surface area contributed by atoms with E-state index in [-0.39, 0.29) is 23.6 Å². The quantitative estimate of drug-likeness (QED) is 0.144. The summed E-state index contributed by atoms with van der Waals surface area (Å²) < 4.78 is 46.5. The van der Waals surface area contributed by atoms with Crippen molar-refractivity contribution in [3.05, 3.63) is 125 Å². The van der Waals surface area contributed by atoms with Crippen molar-refractivity contribution >= 4 is 17.4 Å². The first-order valence-electron chi connectivity index (χ1n) is 16.8. The van der Waals surface area contributed by atoms with Gasteiger partial charge < -0.3 is 23.8 Å². The molecule has 1 aliphatic heterocycles. The van der Waals surface area contributed by atoms with Crippen LogP contribution in [0.15, 0.2) is 95.8 Å². The molecule has 7 rings (SSSR count). The van der Waals surface area contributed by atoms with Crippen LogP contribution in [0.5, 0.6) is 11.8 Å². The van der Waals surface area contributed by atoms with Crippen molar-refractivity contribution < 1.29 is 27.6 Å². The highest BCUT2D eigenvalue weighted by Gasteiger charge is 2.33. The smallest absolute Gasteiger partial charge is 0.318 e. The van der Waals surface area contributed by atoms with Gasteiger partial charge in [0.25, 0.3) is 5.91 Å². The number of halogens is 2. The summed E-state index contributed by atoms with van der Waals surface area (Å²) in [5.74, 6) is -0.679. The van der Waals surface area contributed by atoms with Crippen LogP contribution in [0.2, 0.25) is 0 Å². The second kappa shape index (κ2) is 15.0. The first-order valence-corrected chi connectivity index (χ1v) is 16.8. The lowest BCUT2D eigenvalue weighted by atomic mass is 9.93. The van der Waals surface area contributed by atoms with Crippen LogP contribution in [0.3, 0.4) is 0 Å². The van der Waals surface area contributed by atoms with E-state index in [0.29, 0.717) is 55.3 Å². The maximum Gasteiger partial charge on any atom is 0.318 e. The Morgan fingerprint density at radius 1 is 1.04 bits per heavy atom. The van der Waals surface area contributed by atoms with Gasteiger partial charge in [0.1, 0.15) is 23.9 Å². The number of nitrogens with zero attached hydrogens (tertiary/aromatic N) is 8. The molecule has 3 aromatic heterocycles. The Morgan fingerprint density at radius 2 is 1.85 bits per heavy atom. The molecule has 0 spiro atoms. The van der Waals surface area contributed by atoms with Gasteiger partial charge in [-0.1, -0.05) is 46.8 Å². The number of anilines is 2. The number of carbonyl (C=O) groups excluding carboxylic acids is 1. The molecule has 0 radical (unpaired) electrons. The number of hydrogen-bond donors (Lipinski definition) is 0. The monoisotopic (exact) mass is 706 g/mol. The van der Waals surface area contributed by atoms with Gasteiger partial charge in [-0.2, -0.15) is 4.98 Å². The summed E-state index contributed by atoms with van der Waals surface area (Å²) in [6, 6.07) is 22.0. The maximum atomic E-state index is 14.5. The fourth-order valence-electron chi connectivity index (χ4n) is 6.25. The molecule has 6 aromatic rings. The lowest BCUT2D eigenvalue weighted by Gasteiger charge is -2.33. The van der Waals surface area contributed by atoms with Crippen LogP contribution < -0.4 is 14.4 Å². The molecule has 4 heterocycles. The topological polar surface area (TPSA) is 125 Å². The summed E-state index contributed by atoms with van der Waals surface area (Å²) in [6.45, 7) is 3.27. The summed E-state index contributed by atoms with van der Waals surface area (Å²) in [4.78, 5) is 25.9. The van der Waals surface area contributed by atoms with E-state index in [1.54, 1.807) is 40.0 Å². The summed E-state index contributed by atoms with van der Waals surface area (Å²) in [5, 5.41) is 13.1. The predicted octanol–water partition coefficient (Wildman–Crippen LogP) is 6.66. The molecule has 14 heteroatoms. The third-order valence-corrected chi connectivity index (χ3v) is 9.15. The molecule has 1 amide bonds. The number of benzene rings is 3. The first kappa shape index (κ1) is 34.3. The molecule has 0 aliphatic carbocycles. The van der Waals surface area contributed by atoms with Crippen LogP contribution in [-0.2, 0) is 11.3 Å². The van der Waals surface area contributed by atoms with Crippen molar-refractivity contribution in [3.63, 3.8) is 0 Å².